The first kappa shape index (κ1) is 12.0. The average Bonchev–Trinajstić information content (AvgIpc) is 2.76. The standard InChI is InChI=1S/C13H27N/c1-5-8-14-10-12-9-13(12,4)7-6-11(2)3/h11-12,14H,5-10H2,1-4H3. The van der Waals surface area contributed by atoms with Gasteiger partial charge in [-0.15, -0.1) is 0 Å². The fourth-order valence-electron chi connectivity index (χ4n) is 2.20. The molecule has 1 N–H and O–H groups in total. The van der Waals surface area contributed by atoms with E-state index in [1.807, 2.05) is 0 Å². The van der Waals surface area contributed by atoms with E-state index in [-0.39, 0.29) is 0 Å². The number of hydrogen-bond donors (Lipinski definition) is 1. The van der Waals surface area contributed by atoms with Gasteiger partial charge in [-0.2, -0.15) is 0 Å². The molecule has 14 heavy (non-hydrogen) atoms. The molecule has 0 aromatic heterocycles. The molecule has 1 aliphatic rings. The van der Waals surface area contributed by atoms with Crippen molar-refractivity contribution in [1.82, 2.24) is 5.32 Å². The summed E-state index contributed by atoms with van der Waals surface area (Å²) in [6, 6.07) is 0. The monoisotopic (exact) mass is 197 g/mol. The second-order valence-corrected chi connectivity index (χ2v) is 5.69. The summed E-state index contributed by atoms with van der Waals surface area (Å²) in [6.07, 6.45) is 5.55. The van der Waals surface area contributed by atoms with Crippen LogP contribution in [0.1, 0.15) is 53.4 Å². The minimum Gasteiger partial charge on any atom is -0.316 e. The first-order valence-electron chi connectivity index (χ1n) is 6.29. The predicted molar refractivity (Wildman–Crippen MR) is 63.4 cm³/mol. The van der Waals surface area contributed by atoms with Crippen molar-refractivity contribution in [3.63, 3.8) is 0 Å². The molecule has 0 aromatic carbocycles. The smallest absolute Gasteiger partial charge is 0.00151 e. The van der Waals surface area contributed by atoms with Gasteiger partial charge in [-0.05, 0) is 49.6 Å². The Morgan fingerprint density at radius 3 is 2.71 bits per heavy atom. The highest BCUT2D eigenvalue weighted by molar-refractivity contribution is 4.99. The third-order valence-electron chi connectivity index (χ3n) is 3.65. The first-order valence-corrected chi connectivity index (χ1v) is 6.29. The number of nitrogens with one attached hydrogen (secondary N) is 1. The van der Waals surface area contributed by atoms with Crippen LogP contribution >= 0.6 is 0 Å². The van der Waals surface area contributed by atoms with Crippen LogP contribution in [-0.4, -0.2) is 13.1 Å². The first-order chi connectivity index (χ1) is 6.58. The molecule has 1 saturated carbocycles. The molecule has 0 aliphatic heterocycles. The summed E-state index contributed by atoms with van der Waals surface area (Å²) >= 11 is 0. The van der Waals surface area contributed by atoms with Gasteiger partial charge >= 0.3 is 0 Å². The normalized spacial score (nSPS) is 31.1. The topological polar surface area (TPSA) is 12.0 Å². The summed E-state index contributed by atoms with van der Waals surface area (Å²) in [6.45, 7) is 11.8. The van der Waals surface area contributed by atoms with E-state index < -0.39 is 0 Å². The Kier molecular flexibility index (Phi) is 4.43. The third kappa shape index (κ3) is 3.61. The van der Waals surface area contributed by atoms with E-state index >= 15 is 0 Å². The van der Waals surface area contributed by atoms with Gasteiger partial charge < -0.3 is 5.32 Å². The summed E-state index contributed by atoms with van der Waals surface area (Å²) in [5, 5.41) is 3.54. The van der Waals surface area contributed by atoms with Gasteiger partial charge in [0.2, 0.25) is 0 Å². The molecule has 2 atom stereocenters. The quantitative estimate of drug-likeness (QED) is 0.616. The van der Waals surface area contributed by atoms with Crippen molar-refractivity contribution in [2.75, 3.05) is 13.1 Å². The molecular formula is C13H27N. The zero-order valence-electron chi connectivity index (χ0n) is 10.4. The minimum atomic E-state index is 0.686. The van der Waals surface area contributed by atoms with Gasteiger partial charge in [-0.1, -0.05) is 34.1 Å². The molecule has 0 heterocycles. The van der Waals surface area contributed by atoms with E-state index in [0.717, 1.165) is 11.8 Å². The van der Waals surface area contributed by atoms with Crippen LogP contribution in [0.2, 0.25) is 0 Å². The lowest BCUT2D eigenvalue weighted by atomic mass is 9.95. The fraction of sp³-hybridized carbons (Fsp3) is 1.00. The maximum Gasteiger partial charge on any atom is -0.00151 e. The second-order valence-electron chi connectivity index (χ2n) is 5.69. The van der Waals surface area contributed by atoms with E-state index in [4.69, 9.17) is 0 Å². The molecule has 0 bridgehead atoms. The Bertz CT molecular complexity index is 165. The number of rotatable bonds is 7. The highest BCUT2D eigenvalue weighted by atomic mass is 14.9. The molecule has 0 aromatic rings. The highest BCUT2D eigenvalue weighted by Gasteiger charge is 2.48. The summed E-state index contributed by atoms with van der Waals surface area (Å²) in [4.78, 5) is 0. The van der Waals surface area contributed by atoms with Crippen LogP contribution < -0.4 is 5.32 Å². The zero-order chi connectivity index (χ0) is 10.6. The molecule has 1 nitrogen and oxygen atoms in total. The summed E-state index contributed by atoms with van der Waals surface area (Å²) in [5.74, 6) is 1.84. The molecule has 0 spiro atoms. The summed E-state index contributed by atoms with van der Waals surface area (Å²) in [5.41, 5.74) is 0.686. The third-order valence-corrected chi connectivity index (χ3v) is 3.65. The summed E-state index contributed by atoms with van der Waals surface area (Å²) < 4.78 is 0. The molecule has 1 rings (SSSR count). The Labute approximate surface area is 89.7 Å². The Balaban J connectivity index is 2.09. The van der Waals surface area contributed by atoms with E-state index in [0.29, 0.717) is 5.41 Å². The van der Waals surface area contributed by atoms with Gasteiger partial charge in [0.15, 0.2) is 0 Å². The largest absolute Gasteiger partial charge is 0.316 e. The van der Waals surface area contributed by atoms with E-state index in [9.17, 15) is 0 Å². The number of hydrogen-bond acceptors (Lipinski definition) is 1. The van der Waals surface area contributed by atoms with Crippen LogP contribution in [-0.2, 0) is 0 Å². The van der Waals surface area contributed by atoms with Gasteiger partial charge in [-0.3, -0.25) is 0 Å². The van der Waals surface area contributed by atoms with Crippen molar-refractivity contribution in [3.8, 4) is 0 Å². The minimum absolute atomic E-state index is 0.686. The zero-order valence-corrected chi connectivity index (χ0v) is 10.4. The molecule has 0 amide bonds. The van der Waals surface area contributed by atoms with Crippen LogP contribution in [0.5, 0.6) is 0 Å². The molecule has 1 heteroatoms. The molecule has 2 unspecified atom stereocenters. The summed E-state index contributed by atoms with van der Waals surface area (Å²) in [7, 11) is 0. The van der Waals surface area contributed by atoms with Gasteiger partial charge in [0, 0.05) is 0 Å². The fourth-order valence-corrected chi connectivity index (χ4v) is 2.20. The lowest BCUT2D eigenvalue weighted by Gasteiger charge is -2.13. The van der Waals surface area contributed by atoms with E-state index in [1.165, 1.54) is 38.8 Å². The van der Waals surface area contributed by atoms with Crippen molar-refractivity contribution >= 4 is 0 Å². The predicted octanol–water partition coefficient (Wildman–Crippen LogP) is 3.45. The Hall–Kier alpha value is -0.0400. The lowest BCUT2D eigenvalue weighted by molar-refractivity contribution is 0.395. The molecule has 0 saturated heterocycles. The Morgan fingerprint density at radius 2 is 2.14 bits per heavy atom. The van der Waals surface area contributed by atoms with Crippen molar-refractivity contribution < 1.29 is 0 Å². The second kappa shape index (κ2) is 5.16. The van der Waals surface area contributed by atoms with Crippen LogP contribution in [0.3, 0.4) is 0 Å². The van der Waals surface area contributed by atoms with Gasteiger partial charge in [0.05, 0.1) is 0 Å². The van der Waals surface area contributed by atoms with Crippen LogP contribution in [0.15, 0.2) is 0 Å². The van der Waals surface area contributed by atoms with Crippen LogP contribution in [0.25, 0.3) is 0 Å². The van der Waals surface area contributed by atoms with Crippen molar-refractivity contribution in [3.05, 3.63) is 0 Å². The average molecular weight is 197 g/mol. The van der Waals surface area contributed by atoms with Gasteiger partial charge in [0.25, 0.3) is 0 Å². The van der Waals surface area contributed by atoms with Crippen LogP contribution in [0, 0.1) is 17.3 Å². The molecule has 1 aliphatic carbocycles. The van der Waals surface area contributed by atoms with E-state index in [1.54, 1.807) is 0 Å². The molecule has 0 radical (unpaired) electrons. The van der Waals surface area contributed by atoms with Crippen molar-refractivity contribution in [2.24, 2.45) is 17.3 Å². The van der Waals surface area contributed by atoms with E-state index in [2.05, 4.69) is 33.0 Å². The van der Waals surface area contributed by atoms with Crippen molar-refractivity contribution in [2.45, 2.75) is 53.4 Å². The van der Waals surface area contributed by atoms with Crippen molar-refractivity contribution in [1.29, 1.82) is 0 Å². The molecule has 1 fully saturated rings. The maximum atomic E-state index is 3.54. The molecule has 84 valence electrons. The van der Waals surface area contributed by atoms with Gasteiger partial charge in [0.1, 0.15) is 0 Å². The maximum absolute atomic E-state index is 3.54. The van der Waals surface area contributed by atoms with Gasteiger partial charge in [-0.25, -0.2) is 0 Å². The highest BCUT2D eigenvalue weighted by Crippen LogP contribution is 2.55. The lowest BCUT2D eigenvalue weighted by Crippen LogP contribution is -2.19. The SMILES string of the molecule is CCCNCC1CC1(C)CCC(C)C. The Morgan fingerprint density at radius 1 is 1.43 bits per heavy atom. The molecular weight excluding hydrogens is 170 g/mol. The van der Waals surface area contributed by atoms with Crippen LogP contribution in [0.4, 0.5) is 0 Å².